The van der Waals surface area contributed by atoms with Crippen molar-refractivity contribution in [2.45, 2.75) is 31.3 Å². The van der Waals surface area contributed by atoms with Gasteiger partial charge < -0.3 is 25.9 Å². The number of aryl methyl sites for hydroxylation is 1. The Balaban J connectivity index is 1.88. The number of H-pyrrole nitrogens is 1. The monoisotopic (exact) mass is 433 g/mol. The number of aromatic amines is 1. The van der Waals surface area contributed by atoms with Crippen molar-refractivity contribution < 1.29 is 27.9 Å². The smallest absolute Gasteiger partial charge is 0.220 e. The number of fused-ring (bicyclic) bond motifs is 1. The summed E-state index contributed by atoms with van der Waals surface area (Å²) in [4.78, 5) is 26.4. The second kappa shape index (κ2) is 9.76. The van der Waals surface area contributed by atoms with Crippen LogP contribution in [0.2, 0.25) is 0 Å². The number of nitrogens with two attached hydrogens (primary N) is 1. The van der Waals surface area contributed by atoms with Gasteiger partial charge in [-0.15, -0.1) is 0 Å². The maximum atomic E-state index is 14.3. The summed E-state index contributed by atoms with van der Waals surface area (Å²) in [7, 11) is 0. The molecule has 164 valence electrons. The van der Waals surface area contributed by atoms with Crippen LogP contribution in [-0.4, -0.2) is 41.0 Å². The van der Waals surface area contributed by atoms with Crippen molar-refractivity contribution in [1.29, 1.82) is 0 Å². The number of aliphatic hydroxyl groups excluding tert-OH is 1. The lowest BCUT2D eigenvalue weighted by Crippen LogP contribution is -2.41. The number of carbonyl (C=O) groups excluding carboxylic acids is 2. The van der Waals surface area contributed by atoms with E-state index in [1.165, 1.54) is 30.3 Å². The van der Waals surface area contributed by atoms with Crippen LogP contribution in [0.15, 0.2) is 36.4 Å². The Morgan fingerprint density at radius 2 is 1.87 bits per heavy atom. The number of rotatable bonds is 9. The number of aliphatic hydroxyl groups is 1. The van der Waals surface area contributed by atoms with E-state index in [0.717, 1.165) is 6.07 Å². The van der Waals surface area contributed by atoms with Gasteiger partial charge in [0.25, 0.3) is 0 Å². The largest absolute Gasteiger partial charge is 0.395 e. The number of nitrogens with one attached hydrogen (secondary N) is 2. The van der Waals surface area contributed by atoms with E-state index in [1.807, 2.05) is 0 Å². The highest BCUT2D eigenvalue weighted by Crippen LogP contribution is 2.33. The zero-order valence-electron chi connectivity index (χ0n) is 16.5. The molecule has 6 nitrogen and oxygen atoms in total. The fraction of sp³-hybridized carbons (Fsp3) is 0.273. The first-order chi connectivity index (χ1) is 14.8. The first kappa shape index (κ1) is 22.5. The molecular weight excluding hydrogens is 411 g/mol. The van der Waals surface area contributed by atoms with Crippen LogP contribution in [0.1, 0.15) is 18.4 Å². The molecule has 0 fully saturated rings. The molecule has 1 heterocycles. The molecule has 0 radical (unpaired) electrons. The fourth-order valence-electron chi connectivity index (χ4n) is 3.46. The van der Waals surface area contributed by atoms with E-state index < -0.39 is 35.4 Å². The molecule has 0 aliphatic rings. The van der Waals surface area contributed by atoms with Crippen LogP contribution in [-0.2, 0) is 16.0 Å². The number of aromatic nitrogens is 1. The third-order valence-electron chi connectivity index (χ3n) is 4.97. The molecule has 2 unspecified atom stereocenters. The molecule has 2 atom stereocenters. The number of hydrogen-bond acceptors (Lipinski definition) is 4. The second-order valence-electron chi connectivity index (χ2n) is 7.28. The first-order valence-corrected chi connectivity index (χ1v) is 9.69. The Labute approximate surface area is 176 Å². The number of halogens is 3. The number of aldehydes is 1. The molecule has 31 heavy (non-hydrogen) atoms. The molecule has 1 aromatic heterocycles. The third kappa shape index (κ3) is 5.31. The van der Waals surface area contributed by atoms with Crippen LogP contribution >= 0.6 is 0 Å². The summed E-state index contributed by atoms with van der Waals surface area (Å²) in [6.45, 7) is -0.326. The van der Waals surface area contributed by atoms with Gasteiger partial charge in [0.2, 0.25) is 5.91 Å². The molecule has 0 spiro atoms. The summed E-state index contributed by atoms with van der Waals surface area (Å²) >= 11 is 0. The van der Waals surface area contributed by atoms with E-state index in [0.29, 0.717) is 23.1 Å². The quantitative estimate of drug-likeness (QED) is 0.389. The minimum atomic E-state index is -0.857. The molecule has 1 amide bonds. The zero-order valence-corrected chi connectivity index (χ0v) is 16.5. The van der Waals surface area contributed by atoms with Gasteiger partial charge >= 0.3 is 0 Å². The Hall–Kier alpha value is -3.17. The van der Waals surface area contributed by atoms with E-state index in [1.54, 1.807) is 0 Å². The maximum absolute atomic E-state index is 14.3. The van der Waals surface area contributed by atoms with Crippen molar-refractivity contribution in [3.63, 3.8) is 0 Å². The van der Waals surface area contributed by atoms with Gasteiger partial charge in [0.15, 0.2) is 0 Å². The summed E-state index contributed by atoms with van der Waals surface area (Å²) in [5.41, 5.74) is 7.16. The highest BCUT2D eigenvalue weighted by atomic mass is 19.1. The summed E-state index contributed by atoms with van der Waals surface area (Å²) in [6.07, 6.45) is 0.654. The molecule has 0 aliphatic carbocycles. The van der Waals surface area contributed by atoms with E-state index in [4.69, 9.17) is 10.8 Å². The minimum absolute atomic E-state index is 0.0714. The molecule has 3 rings (SSSR count). The molecule has 5 N–H and O–H groups in total. The lowest BCUT2D eigenvalue weighted by molar-refractivity contribution is -0.124. The van der Waals surface area contributed by atoms with Gasteiger partial charge in [-0.05, 0) is 54.3 Å². The predicted octanol–water partition coefficient (Wildman–Crippen LogP) is 2.58. The minimum Gasteiger partial charge on any atom is -0.395 e. The summed E-state index contributed by atoms with van der Waals surface area (Å²) < 4.78 is 41.5. The van der Waals surface area contributed by atoms with Gasteiger partial charge in [0.1, 0.15) is 23.7 Å². The standard InChI is InChI=1S/C22H22F3N3O3/c23-13-3-1-12(2-4-13)21-17(18-7-14(24)8-19(25)22(18)28-21)5-6-20(31)27-16(11-30)9-15(26)10-29/h1-4,7-8,11,15-16,28-29H,5-6,9-10,26H2,(H,27,31). The van der Waals surface area contributed by atoms with Crippen molar-refractivity contribution in [1.82, 2.24) is 10.3 Å². The Morgan fingerprint density at radius 1 is 1.16 bits per heavy atom. The van der Waals surface area contributed by atoms with Crippen LogP contribution in [0.5, 0.6) is 0 Å². The van der Waals surface area contributed by atoms with Crippen molar-refractivity contribution in [2.24, 2.45) is 5.73 Å². The van der Waals surface area contributed by atoms with Crippen molar-refractivity contribution in [2.75, 3.05) is 6.61 Å². The SMILES string of the molecule is NC(CO)CC(C=O)NC(=O)CCc1c(-c2ccc(F)cc2)[nH]c2c(F)cc(F)cc12. The summed E-state index contributed by atoms with van der Waals surface area (Å²) in [5, 5.41) is 11.8. The number of carbonyl (C=O) groups is 2. The molecule has 2 aromatic carbocycles. The number of benzene rings is 2. The van der Waals surface area contributed by atoms with Gasteiger partial charge in [0.05, 0.1) is 18.2 Å². The Morgan fingerprint density at radius 3 is 2.52 bits per heavy atom. The average Bonchev–Trinajstić information content (AvgIpc) is 3.10. The van der Waals surface area contributed by atoms with Gasteiger partial charge in [-0.3, -0.25) is 4.79 Å². The van der Waals surface area contributed by atoms with Crippen LogP contribution < -0.4 is 11.1 Å². The number of amides is 1. The van der Waals surface area contributed by atoms with Crippen LogP contribution in [0, 0.1) is 17.5 Å². The highest BCUT2D eigenvalue weighted by Gasteiger charge is 2.20. The topological polar surface area (TPSA) is 108 Å². The predicted molar refractivity (Wildman–Crippen MR) is 110 cm³/mol. The Kier molecular flexibility index (Phi) is 7.09. The van der Waals surface area contributed by atoms with Crippen molar-refractivity contribution in [3.05, 3.63) is 59.4 Å². The highest BCUT2D eigenvalue weighted by molar-refractivity contribution is 5.92. The summed E-state index contributed by atoms with van der Waals surface area (Å²) in [5.74, 6) is -2.45. The number of hydrogen-bond donors (Lipinski definition) is 4. The molecule has 0 bridgehead atoms. The molecule has 3 aromatic rings. The second-order valence-corrected chi connectivity index (χ2v) is 7.28. The van der Waals surface area contributed by atoms with E-state index in [9.17, 15) is 22.8 Å². The fourth-order valence-corrected chi connectivity index (χ4v) is 3.46. The van der Waals surface area contributed by atoms with Gasteiger partial charge in [-0.25, -0.2) is 13.2 Å². The average molecular weight is 433 g/mol. The first-order valence-electron chi connectivity index (χ1n) is 9.69. The molecule has 0 aliphatic heterocycles. The van der Waals surface area contributed by atoms with Gasteiger partial charge in [-0.1, -0.05) is 0 Å². The molecule has 0 saturated heterocycles. The maximum Gasteiger partial charge on any atom is 0.220 e. The van der Waals surface area contributed by atoms with E-state index in [-0.39, 0.29) is 36.8 Å². The normalized spacial score (nSPS) is 13.2. The lowest BCUT2D eigenvalue weighted by Gasteiger charge is -2.16. The zero-order chi connectivity index (χ0) is 22.5. The van der Waals surface area contributed by atoms with Crippen molar-refractivity contribution in [3.8, 4) is 11.3 Å². The van der Waals surface area contributed by atoms with Crippen LogP contribution in [0.25, 0.3) is 22.2 Å². The molecular formula is C22H22F3N3O3. The molecule has 0 saturated carbocycles. The molecule has 9 heteroatoms. The van der Waals surface area contributed by atoms with Gasteiger partial charge in [0, 0.05) is 29.6 Å². The van der Waals surface area contributed by atoms with E-state index in [2.05, 4.69) is 10.3 Å². The Bertz CT molecular complexity index is 1080. The van der Waals surface area contributed by atoms with Gasteiger partial charge in [-0.2, -0.15) is 0 Å². The summed E-state index contributed by atoms with van der Waals surface area (Å²) in [6, 6.07) is 5.89. The van der Waals surface area contributed by atoms with Crippen LogP contribution in [0.4, 0.5) is 13.2 Å². The lowest BCUT2D eigenvalue weighted by atomic mass is 10.0. The third-order valence-corrected chi connectivity index (χ3v) is 4.97. The van der Waals surface area contributed by atoms with Crippen LogP contribution in [0.3, 0.4) is 0 Å². The van der Waals surface area contributed by atoms with Crippen molar-refractivity contribution >= 4 is 23.1 Å². The van der Waals surface area contributed by atoms with E-state index >= 15 is 0 Å².